The number of rotatable bonds is 3. The van der Waals surface area contributed by atoms with Crippen molar-refractivity contribution in [2.24, 2.45) is 0 Å². The van der Waals surface area contributed by atoms with Crippen molar-refractivity contribution in [3.05, 3.63) is 29.1 Å². The highest BCUT2D eigenvalue weighted by molar-refractivity contribution is 5.57. The average molecular weight is 292 g/mol. The summed E-state index contributed by atoms with van der Waals surface area (Å²) in [5.74, 6) is -0.232. The molecule has 0 aromatic heterocycles. The number of aryl methyl sites for hydroxylation is 1. The highest BCUT2D eigenvalue weighted by Gasteiger charge is 2.30. The smallest absolute Gasteiger partial charge is 0.126 e. The highest BCUT2D eigenvalue weighted by Crippen LogP contribution is 2.33. The molecule has 2 fully saturated rings. The Morgan fingerprint density at radius 3 is 2.62 bits per heavy atom. The zero-order valence-corrected chi connectivity index (χ0v) is 13.0. The van der Waals surface area contributed by atoms with Gasteiger partial charge in [0.05, 0.1) is 6.10 Å². The van der Waals surface area contributed by atoms with Crippen molar-refractivity contribution in [3.63, 3.8) is 0 Å². The van der Waals surface area contributed by atoms with Gasteiger partial charge in [0.1, 0.15) is 5.82 Å². The number of halogens is 1. The molecule has 1 N–H and O–H groups in total. The largest absolute Gasteiger partial charge is 0.389 e. The maximum absolute atomic E-state index is 13.8. The molecular weight excluding hydrogens is 267 g/mol. The van der Waals surface area contributed by atoms with Gasteiger partial charge in [0, 0.05) is 30.4 Å². The summed E-state index contributed by atoms with van der Waals surface area (Å²) in [5, 5.41) is 9.95. The fraction of sp³-hybridized carbons (Fsp3) is 0.647. The SMILES string of the molecule is Cc1cc(N2CCC(N3CCCC3)C2)c(C(C)O)cc1F. The van der Waals surface area contributed by atoms with Crippen LogP contribution in [0.1, 0.15) is 43.4 Å². The summed E-state index contributed by atoms with van der Waals surface area (Å²) < 4.78 is 13.8. The molecule has 0 spiro atoms. The molecule has 0 bridgehead atoms. The summed E-state index contributed by atoms with van der Waals surface area (Å²) in [4.78, 5) is 4.90. The van der Waals surface area contributed by atoms with Crippen LogP contribution in [0.3, 0.4) is 0 Å². The van der Waals surface area contributed by atoms with Gasteiger partial charge in [0.2, 0.25) is 0 Å². The van der Waals surface area contributed by atoms with E-state index in [1.807, 2.05) is 6.07 Å². The van der Waals surface area contributed by atoms with Gasteiger partial charge in [0.25, 0.3) is 0 Å². The Balaban J connectivity index is 1.82. The summed E-state index contributed by atoms with van der Waals surface area (Å²) in [6.07, 6.45) is 3.15. The topological polar surface area (TPSA) is 26.7 Å². The van der Waals surface area contributed by atoms with Crippen LogP contribution >= 0.6 is 0 Å². The first-order valence-corrected chi connectivity index (χ1v) is 8.03. The van der Waals surface area contributed by atoms with Gasteiger partial charge in [0.15, 0.2) is 0 Å². The zero-order valence-electron chi connectivity index (χ0n) is 13.0. The van der Waals surface area contributed by atoms with E-state index in [1.165, 1.54) is 32.0 Å². The molecule has 3 rings (SSSR count). The summed E-state index contributed by atoms with van der Waals surface area (Å²) in [5.41, 5.74) is 2.37. The molecule has 1 aromatic rings. The second-order valence-corrected chi connectivity index (χ2v) is 6.47. The molecule has 2 aliphatic rings. The van der Waals surface area contributed by atoms with Crippen molar-refractivity contribution < 1.29 is 9.50 Å². The van der Waals surface area contributed by atoms with Gasteiger partial charge in [-0.1, -0.05) is 0 Å². The maximum atomic E-state index is 13.8. The monoisotopic (exact) mass is 292 g/mol. The fourth-order valence-corrected chi connectivity index (χ4v) is 3.66. The van der Waals surface area contributed by atoms with Crippen LogP contribution in [0.25, 0.3) is 0 Å². The lowest BCUT2D eigenvalue weighted by Gasteiger charge is -2.27. The Hall–Kier alpha value is -1.13. The zero-order chi connectivity index (χ0) is 15.0. The molecule has 3 nitrogen and oxygen atoms in total. The van der Waals surface area contributed by atoms with Gasteiger partial charge in [-0.2, -0.15) is 0 Å². The summed E-state index contributed by atoms with van der Waals surface area (Å²) in [6, 6.07) is 4.00. The second-order valence-electron chi connectivity index (χ2n) is 6.47. The number of benzene rings is 1. The standard InChI is InChI=1S/C17H25FN2O/c1-12-9-17(15(13(2)21)10-16(12)18)20-8-5-14(11-20)19-6-3-4-7-19/h9-10,13-14,21H,3-8,11H2,1-2H3. The van der Waals surface area contributed by atoms with E-state index >= 15 is 0 Å². The predicted octanol–water partition coefficient (Wildman–Crippen LogP) is 2.86. The molecule has 116 valence electrons. The number of hydrogen-bond donors (Lipinski definition) is 1. The summed E-state index contributed by atoms with van der Waals surface area (Å²) >= 11 is 0. The molecule has 2 atom stereocenters. The lowest BCUT2D eigenvalue weighted by atomic mass is 10.0. The van der Waals surface area contributed by atoms with Crippen molar-refractivity contribution in [2.75, 3.05) is 31.1 Å². The second kappa shape index (κ2) is 5.93. The first kappa shape index (κ1) is 14.8. The third-order valence-corrected chi connectivity index (χ3v) is 4.92. The fourth-order valence-electron chi connectivity index (χ4n) is 3.66. The Kier molecular flexibility index (Phi) is 4.18. The third-order valence-electron chi connectivity index (χ3n) is 4.92. The quantitative estimate of drug-likeness (QED) is 0.928. The molecule has 2 heterocycles. The molecule has 4 heteroatoms. The minimum atomic E-state index is -0.638. The number of aliphatic hydroxyl groups is 1. The van der Waals surface area contributed by atoms with Gasteiger partial charge >= 0.3 is 0 Å². The lowest BCUT2D eigenvalue weighted by Crippen LogP contribution is -2.35. The number of aliphatic hydroxyl groups excluding tert-OH is 1. The minimum Gasteiger partial charge on any atom is -0.389 e. The van der Waals surface area contributed by atoms with Gasteiger partial charge in [-0.3, -0.25) is 4.90 Å². The van der Waals surface area contributed by atoms with Gasteiger partial charge in [-0.25, -0.2) is 4.39 Å². The van der Waals surface area contributed by atoms with Crippen LogP contribution in [0.15, 0.2) is 12.1 Å². The Labute approximate surface area is 126 Å². The molecule has 0 radical (unpaired) electrons. The van der Waals surface area contributed by atoms with Crippen molar-refractivity contribution in [3.8, 4) is 0 Å². The van der Waals surface area contributed by atoms with Crippen LogP contribution < -0.4 is 4.90 Å². The van der Waals surface area contributed by atoms with Crippen molar-refractivity contribution in [1.82, 2.24) is 4.90 Å². The summed E-state index contributed by atoms with van der Waals surface area (Å²) in [6.45, 7) is 7.91. The van der Waals surface area contributed by atoms with E-state index in [-0.39, 0.29) is 5.82 Å². The van der Waals surface area contributed by atoms with Gasteiger partial charge < -0.3 is 10.0 Å². The highest BCUT2D eigenvalue weighted by atomic mass is 19.1. The van der Waals surface area contributed by atoms with Crippen LogP contribution in [0.5, 0.6) is 0 Å². The van der Waals surface area contributed by atoms with Gasteiger partial charge in [-0.05, 0) is 63.9 Å². The Morgan fingerprint density at radius 2 is 1.95 bits per heavy atom. The molecule has 2 aliphatic heterocycles. The van der Waals surface area contributed by atoms with Crippen molar-refractivity contribution in [1.29, 1.82) is 0 Å². The van der Waals surface area contributed by atoms with E-state index in [1.54, 1.807) is 13.8 Å². The van der Waals surface area contributed by atoms with E-state index in [4.69, 9.17) is 0 Å². The lowest BCUT2D eigenvalue weighted by molar-refractivity contribution is 0.199. The van der Waals surface area contributed by atoms with E-state index in [0.717, 1.165) is 25.2 Å². The minimum absolute atomic E-state index is 0.232. The first-order chi connectivity index (χ1) is 10.1. The molecule has 0 saturated carbocycles. The normalized spacial score (nSPS) is 24.8. The number of hydrogen-bond acceptors (Lipinski definition) is 3. The number of nitrogens with zero attached hydrogens (tertiary/aromatic N) is 2. The number of likely N-dealkylation sites (tertiary alicyclic amines) is 1. The molecule has 1 aromatic carbocycles. The number of anilines is 1. The molecule has 0 aliphatic carbocycles. The van der Waals surface area contributed by atoms with Crippen LogP contribution in [0.2, 0.25) is 0 Å². The van der Waals surface area contributed by atoms with E-state index in [2.05, 4.69) is 9.80 Å². The van der Waals surface area contributed by atoms with Crippen molar-refractivity contribution in [2.45, 2.75) is 45.3 Å². The third kappa shape index (κ3) is 2.92. The van der Waals surface area contributed by atoms with Crippen LogP contribution in [0.4, 0.5) is 10.1 Å². The Bertz CT molecular complexity index is 512. The molecule has 2 saturated heterocycles. The molecule has 21 heavy (non-hydrogen) atoms. The van der Waals surface area contributed by atoms with Crippen LogP contribution in [-0.2, 0) is 0 Å². The van der Waals surface area contributed by atoms with Crippen molar-refractivity contribution >= 4 is 5.69 Å². The molecule has 0 amide bonds. The van der Waals surface area contributed by atoms with Crippen LogP contribution in [0, 0.1) is 12.7 Å². The average Bonchev–Trinajstić information content (AvgIpc) is 3.10. The van der Waals surface area contributed by atoms with E-state index < -0.39 is 6.10 Å². The van der Waals surface area contributed by atoms with Crippen LogP contribution in [-0.4, -0.2) is 42.2 Å². The van der Waals surface area contributed by atoms with E-state index in [0.29, 0.717) is 17.2 Å². The molecular formula is C17H25FN2O. The first-order valence-electron chi connectivity index (χ1n) is 8.03. The Morgan fingerprint density at radius 1 is 1.24 bits per heavy atom. The summed E-state index contributed by atoms with van der Waals surface area (Å²) in [7, 11) is 0. The molecule has 2 unspecified atom stereocenters. The van der Waals surface area contributed by atoms with E-state index in [9.17, 15) is 9.50 Å². The maximum Gasteiger partial charge on any atom is 0.126 e. The van der Waals surface area contributed by atoms with Gasteiger partial charge in [-0.15, -0.1) is 0 Å². The predicted molar refractivity (Wildman–Crippen MR) is 83.2 cm³/mol.